The fourth-order valence-corrected chi connectivity index (χ4v) is 4.97. The number of fused-ring (bicyclic) bond motifs is 1. The molecule has 1 saturated heterocycles. The van der Waals surface area contributed by atoms with Crippen molar-refractivity contribution in [1.29, 1.82) is 0 Å². The van der Waals surface area contributed by atoms with E-state index in [0.717, 1.165) is 41.1 Å². The Morgan fingerprint density at radius 3 is 2.47 bits per heavy atom. The highest BCUT2D eigenvalue weighted by molar-refractivity contribution is 5.94. The summed E-state index contributed by atoms with van der Waals surface area (Å²) in [4.78, 5) is 28.7. The second-order valence-corrected chi connectivity index (χ2v) is 9.09. The number of halogens is 1. The third kappa shape index (κ3) is 4.26. The van der Waals surface area contributed by atoms with Crippen LogP contribution in [-0.4, -0.2) is 48.0 Å². The van der Waals surface area contributed by atoms with Crippen LogP contribution < -0.4 is 0 Å². The lowest BCUT2D eigenvalue weighted by Crippen LogP contribution is -2.39. The van der Waals surface area contributed by atoms with Crippen LogP contribution >= 0.6 is 0 Å². The molecule has 3 aromatic heterocycles. The molecule has 0 radical (unpaired) electrons. The van der Waals surface area contributed by atoms with Crippen LogP contribution in [0.2, 0.25) is 0 Å². The number of likely N-dealkylation sites (tertiary alicyclic amines) is 1. The number of amides is 1. The average Bonchev–Trinajstić information content (AvgIpc) is 3.58. The molecule has 6 rings (SSSR count). The first-order chi connectivity index (χ1) is 17.7. The van der Waals surface area contributed by atoms with E-state index in [1.807, 2.05) is 52.1 Å². The van der Waals surface area contributed by atoms with Crippen LogP contribution in [-0.2, 0) is 6.42 Å². The molecule has 0 atom stereocenters. The molecule has 0 aliphatic carbocycles. The highest BCUT2D eigenvalue weighted by atomic mass is 19.1. The summed E-state index contributed by atoms with van der Waals surface area (Å²) in [6, 6.07) is 18.2. The zero-order valence-corrected chi connectivity index (χ0v) is 19.7. The van der Waals surface area contributed by atoms with Crippen LogP contribution in [0, 0.1) is 5.82 Å². The zero-order valence-electron chi connectivity index (χ0n) is 19.7. The molecule has 1 fully saturated rings. The Balaban J connectivity index is 1.19. The number of piperidine rings is 1. The fraction of sp³-hybridized carbons (Fsp3) is 0.214. The molecule has 7 nitrogen and oxygen atoms in total. The quantitative estimate of drug-likeness (QED) is 0.362. The van der Waals surface area contributed by atoms with Crippen molar-refractivity contribution in [3.63, 3.8) is 0 Å². The van der Waals surface area contributed by atoms with Gasteiger partial charge in [-0.05, 0) is 66.9 Å². The summed E-state index contributed by atoms with van der Waals surface area (Å²) in [5, 5.41) is 0. The van der Waals surface area contributed by atoms with E-state index in [-0.39, 0.29) is 17.8 Å². The van der Waals surface area contributed by atoms with Crippen molar-refractivity contribution in [3.05, 3.63) is 108 Å². The van der Waals surface area contributed by atoms with Crippen LogP contribution in [0.3, 0.4) is 0 Å². The number of pyridine rings is 1. The van der Waals surface area contributed by atoms with Gasteiger partial charge in [0.15, 0.2) is 5.65 Å². The van der Waals surface area contributed by atoms with E-state index in [9.17, 15) is 9.18 Å². The molecule has 4 heterocycles. The third-order valence-electron chi connectivity index (χ3n) is 6.83. The number of carbonyl (C=O) groups excluding carboxylic acids is 1. The minimum Gasteiger partial charge on any atom is -0.338 e. The molecule has 0 spiro atoms. The summed E-state index contributed by atoms with van der Waals surface area (Å²) in [6.45, 7) is 1.32. The van der Waals surface area contributed by atoms with Crippen molar-refractivity contribution in [2.75, 3.05) is 13.1 Å². The first kappa shape index (κ1) is 22.2. The monoisotopic (exact) mass is 480 g/mol. The predicted octanol–water partition coefficient (Wildman–Crippen LogP) is 4.82. The Morgan fingerprint density at radius 2 is 1.75 bits per heavy atom. The van der Waals surface area contributed by atoms with E-state index in [0.29, 0.717) is 25.1 Å². The van der Waals surface area contributed by atoms with E-state index in [2.05, 4.69) is 14.5 Å². The lowest BCUT2D eigenvalue weighted by molar-refractivity contribution is 0.0695. The van der Waals surface area contributed by atoms with Gasteiger partial charge in [0.2, 0.25) is 0 Å². The van der Waals surface area contributed by atoms with Gasteiger partial charge in [-0.15, -0.1) is 0 Å². The average molecular weight is 481 g/mol. The predicted molar refractivity (Wildman–Crippen MR) is 134 cm³/mol. The van der Waals surface area contributed by atoms with E-state index in [4.69, 9.17) is 4.98 Å². The summed E-state index contributed by atoms with van der Waals surface area (Å²) < 4.78 is 17.5. The van der Waals surface area contributed by atoms with Crippen molar-refractivity contribution in [3.8, 4) is 5.69 Å². The van der Waals surface area contributed by atoms with Gasteiger partial charge in [-0.1, -0.05) is 12.1 Å². The highest BCUT2D eigenvalue weighted by Gasteiger charge is 2.27. The molecular weight excluding hydrogens is 455 g/mol. The van der Waals surface area contributed by atoms with Crippen LogP contribution in [0.4, 0.5) is 4.39 Å². The van der Waals surface area contributed by atoms with E-state index < -0.39 is 0 Å². The second kappa shape index (κ2) is 9.37. The van der Waals surface area contributed by atoms with Gasteiger partial charge in [-0.2, -0.15) is 0 Å². The second-order valence-electron chi connectivity index (χ2n) is 9.09. The first-order valence-corrected chi connectivity index (χ1v) is 12.1. The molecule has 5 aromatic rings. The number of rotatable bonds is 5. The van der Waals surface area contributed by atoms with Crippen molar-refractivity contribution in [2.45, 2.75) is 25.3 Å². The molecule has 1 aliphatic heterocycles. The van der Waals surface area contributed by atoms with Crippen molar-refractivity contribution >= 4 is 17.1 Å². The number of benzene rings is 2. The minimum absolute atomic E-state index is 0.0470. The molecule has 1 amide bonds. The van der Waals surface area contributed by atoms with E-state index >= 15 is 0 Å². The molecule has 0 bridgehead atoms. The van der Waals surface area contributed by atoms with Gasteiger partial charge in [-0.3, -0.25) is 4.79 Å². The number of aromatic nitrogens is 5. The molecule has 180 valence electrons. The maximum Gasteiger partial charge on any atom is 0.253 e. The molecule has 8 heteroatoms. The number of carbonyl (C=O) groups is 1. The van der Waals surface area contributed by atoms with Crippen LogP contribution in [0.5, 0.6) is 0 Å². The topological polar surface area (TPSA) is 68.8 Å². The number of imidazole rings is 2. The highest BCUT2D eigenvalue weighted by Crippen LogP contribution is 2.30. The summed E-state index contributed by atoms with van der Waals surface area (Å²) in [6.07, 6.45) is 9.36. The van der Waals surface area contributed by atoms with Gasteiger partial charge >= 0.3 is 0 Å². The molecular formula is C28H25FN6O. The van der Waals surface area contributed by atoms with Crippen molar-refractivity contribution in [2.24, 2.45) is 0 Å². The van der Waals surface area contributed by atoms with Gasteiger partial charge in [0.25, 0.3) is 5.91 Å². The van der Waals surface area contributed by atoms with E-state index in [1.165, 1.54) is 12.1 Å². The first-order valence-electron chi connectivity index (χ1n) is 12.1. The summed E-state index contributed by atoms with van der Waals surface area (Å²) in [5.41, 5.74) is 4.36. The Kier molecular flexibility index (Phi) is 5.77. The largest absolute Gasteiger partial charge is 0.338 e. The smallest absolute Gasteiger partial charge is 0.253 e. The number of hydrogen-bond acceptors (Lipinski definition) is 4. The lowest BCUT2D eigenvalue weighted by Gasteiger charge is -2.33. The Hall–Kier alpha value is -4.33. The molecule has 1 aliphatic rings. The lowest BCUT2D eigenvalue weighted by atomic mass is 10.0. The molecule has 0 N–H and O–H groups in total. The molecule has 0 unspecified atom stereocenters. The number of hydrogen-bond donors (Lipinski definition) is 0. The van der Waals surface area contributed by atoms with Gasteiger partial charge in [0.05, 0.1) is 6.33 Å². The fourth-order valence-electron chi connectivity index (χ4n) is 4.97. The zero-order chi connectivity index (χ0) is 24.5. The minimum atomic E-state index is -0.248. The van der Waals surface area contributed by atoms with E-state index in [1.54, 1.807) is 30.9 Å². The van der Waals surface area contributed by atoms with Gasteiger partial charge in [0.1, 0.15) is 17.2 Å². The van der Waals surface area contributed by atoms with Crippen LogP contribution in [0.15, 0.2) is 85.6 Å². The maximum atomic E-state index is 13.4. The molecule has 36 heavy (non-hydrogen) atoms. The summed E-state index contributed by atoms with van der Waals surface area (Å²) in [5.74, 6) is 0.711. The normalized spacial score (nSPS) is 14.4. The Morgan fingerprint density at radius 1 is 0.972 bits per heavy atom. The summed E-state index contributed by atoms with van der Waals surface area (Å²) in [7, 11) is 0. The Bertz CT molecular complexity index is 1480. The van der Waals surface area contributed by atoms with Gasteiger partial charge < -0.3 is 14.0 Å². The van der Waals surface area contributed by atoms with Crippen molar-refractivity contribution < 1.29 is 9.18 Å². The van der Waals surface area contributed by atoms with Crippen LogP contribution in [0.25, 0.3) is 16.9 Å². The van der Waals surface area contributed by atoms with Gasteiger partial charge in [0, 0.05) is 55.4 Å². The van der Waals surface area contributed by atoms with Crippen molar-refractivity contribution in [1.82, 2.24) is 29.0 Å². The number of nitrogens with zero attached hydrogens (tertiary/aromatic N) is 6. The summed E-state index contributed by atoms with van der Waals surface area (Å²) >= 11 is 0. The molecule has 2 aromatic carbocycles. The maximum absolute atomic E-state index is 13.4. The van der Waals surface area contributed by atoms with Gasteiger partial charge in [-0.25, -0.2) is 19.3 Å². The standard InChI is InChI=1S/C28H25FN6O/c29-22-7-3-20(4-8-22)18-26-32-25-2-1-13-31-27(25)35(26)24-11-15-33(16-12-24)28(36)21-5-9-23(10-6-21)34-17-14-30-19-34/h1-10,13-14,17,19,24H,11-12,15-16,18H2. The van der Waals surface area contributed by atoms with Crippen LogP contribution in [0.1, 0.15) is 40.6 Å². The third-order valence-corrected chi connectivity index (χ3v) is 6.83. The SMILES string of the molecule is O=C(c1ccc(-n2ccnc2)cc1)N1CCC(n2c(Cc3ccc(F)cc3)nc3cccnc32)CC1. The Labute approximate surface area is 207 Å². The molecule has 0 saturated carbocycles.